The van der Waals surface area contributed by atoms with E-state index in [-0.39, 0.29) is 6.04 Å². The number of aliphatic imine (C=N–C) groups is 1. The van der Waals surface area contributed by atoms with E-state index in [1.165, 1.54) is 31.5 Å². The first kappa shape index (κ1) is 20.6. The van der Waals surface area contributed by atoms with Crippen molar-refractivity contribution in [1.29, 1.82) is 0 Å². The van der Waals surface area contributed by atoms with Crippen LogP contribution in [-0.2, 0) is 0 Å². The highest BCUT2D eigenvalue weighted by Crippen LogP contribution is 2.18. The Bertz CT molecular complexity index is 548. The highest BCUT2D eigenvalue weighted by molar-refractivity contribution is 5.80. The molecule has 1 aliphatic rings. The van der Waals surface area contributed by atoms with Crippen LogP contribution in [0, 0.1) is 11.8 Å². The molecule has 1 aliphatic heterocycles. The molecule has 5 heteroatoms. The third-order valence-corrected chi connectivity index (χ3v) is 4.94. The van der Waals surface area contributed by atoms with Crippen molar-refractivity contribution in [2.45, 2.75) is 39.7 Å². The minimum atomic E-state index is 0.192. The maximum Gasteiger partial charge on any atom is 0.191 e. The molecule has 2 N–H and O–H groups in total. The first-order valence-electron chi connectivity index (χ1n) is 9.86. The molecule has 0 saturated carbocycles. The Kier molecular flexibility index (Phi) is 8.23. The molecule has 1 aromatic carbocycles. The van der Waals surface area contributed by atoms with Crippen LogP contribution in [0.4, 0.5) is 0 Å². The fourth-order valence-electron chi connectivity index (χ4n) is 3.11. The summed E-state index contributed by atoms with van der Waals surface area (Å²) in [6.07, 6.45) is 2.52. The maximum absolute atomic E-state index is 5.76. The molecule has 0 radical (unpaired) electrons. The Hall–Kier alpha value is -1.75. The molecular weight excluding hydrogens is 324 g/mol. The number of ether oxygens (including phenoxy) is 1. The lowest BCUT2D eigenvalue weighted by Crippen LogP contribution is -2.43. The van der Waals surface area contributed by atoms with Crippen LogP contribution in [0.3, 0.4) is 0 Å². The minimum absolute atomic E-state index is 0.192. The van der Waals surface area contributed by atoms with Crippen LogP contribution < -0.4 is 15.4 Å². The Balaban J connectivity index is 1.79. The predicted molar refractivity (Wildman–Crippen MR) is 110 cm³/mol. The zero-order valence-corrected chi connectivity index (χ0v) is 17.1. The number of hydrogen-bond donors (Lipinski definition) is 2. The monoisotopic (exact) mass is 360 g/mol. The summed E-state index contributed by atoms with van der Waals surface area (Å²) >= 11 is 0. The number of benzene rings is 1. The van der Waals surface area contributed by atoms with Gasteiger partial charge in [-0.3, -0.25) is 4.99 Å². The van der Waals surface area contributed by atoms with E-state index < -0.39 is 0 Å². The average molecular weight is 361 g/mol. The Morgan fingerprint density at radius 1 is 1.19 bits per heavy atom. The predicted octanol–water partition coefficient (Wildman–Crippen LogP) is 3.29. The van der Waals surface area contributed by atoms with E-state index in [0.29, 0.717) is 5.92 Å². The zero-order valence-electron chi connectivity index (χ0n) is 17.1. The molecule has 0 spiro atoms. The Morgan fingerprint density at radius 3 is 2.42 bits per heavy atom. The van der Waals surface area contributed by atoms with Crippen molar-refractivity contribution in [2.75, 3.05) is 40.3 Å². The zero-order chi connectivity index (χ0) is 18.9. The van der Waals surface area contributed by atoms with Crippen LogP contribution in [0.1, 0.15) is 45.2 Å². The van der Waals surface area contributed by atoms with E-state index in [2.05, 4.69) is 60.5 Å². The van der Waals surface area contributed by atoms with E-state index in [1.807, 2.05) is 19.2 Å². The summed E-state index contributed by atoms with van der Waals surface area (Å²) in [6.45, 7) is 10.6. The van der Waals surface area contributed by atoms with Crippen LogP contribution in [0.25, 0.3) is 0 Å². The van der Waals surface area contributed by atoms with Crippen LogP contribution >= 0.6 is 0 Å². The van der Waals surface area contributed by atoms with Crippen molar-refractivity contribution < 1.29 is 4.74 Å². The Morgan fingerprint density at radius 2 is 1.85 bits per heavy atom. The van der Waals surface area contributed by atoms with E-state index in [0.717, 1.165) is 30.8 Å². The van der Waals surface area contributed by atoms with Gasteiger partial charge in [-0.25, -0.2) is 0 Å². The van der Waals surface area contributed by atoms with Gasteiger partial charge in [-0.15, -0.1) is 0 Å². The van der Waals surface area contributed by atoms with Gasteiger partial charge in [0.1, 0.15) is 5.75 Å². The second-order valence-electron chi connectivity index (χ2n) is 7.84. The quantitative estimate of drug-likeness (QED) is 0.579. The molecule has 0 aliphatic carbocycles. The van der Waals surface area contributed by atoms with Gasteiger partial charge < -0.3 is 20.3 Å². The summed E-state index contributed by atoms with van der Waals surface area (Å²) in [5.41, 5.74) is 1.23. The van der Waals surface area contributed by atoms with Gasteiger partial charge in [-0.05, 0) is 69.4 Å². The summed E-state index contributed by atoms with van der Waals surface area (Å²) < 4.78 is 5.76. The highest BCUT2D eigenvalue weighted by Gasteiger charge is 2.17. The lowest BCUT2D eigenvalue weighted by atomic mass is 9.97. The van der Waals surface area contributed by atoms with Gasteiger partial charge in [0.15, 0.2) is 5.96 Å². The van der Waals surface area contributed by atoms with Crippen molar-refractivity contribution in [1.82, 2.24) is 15.5 Å². The third kappa shape index (κ3) is 6.87. The van der Waals surface area contributed by atoms with Crippen LogP contribution in [0.5, 0.6) is 5.75 Å². The average Bonchev–Trinajstić information content (AvgIpc) is 2.65. The van der Waals surface area contributed by atoms with E-state index >= 15 is 0 Å². The molecule has 26 heavy (non-hydrogen) atoms. The standard InChI is InChI=1S/C21H36N4O/c1-16(2)15-26-20-8-6-19(7-9-20)17(3)24-21(22-4)23-14-18-10-12-25(5)13-11-18/h6-9,16-18H,10-15H2,1-5H3,(H2,22,23,24). The van der Waals surface area contributed by atoms with Gasteiger partial charge in [-0.1, -0.05) is 26.0 Å². The summed E-state index contributed by atoms with van der Waals surface area (Å²) in [5, 5.41) is 6.98. The minimum Gasteiger partial charge on any atom is -0.493 e. The van der Waals surface area contributed by atoms with Crippen molar-refractivity contribution in [3.63, 3.8) is 0 Å². The number of nitrogens with zero attached hydrogens (tertiary/aromatic N) is 2. The van der Waals surface area contributed by atoms with E-state index in [4.69, 9.17) is 4.74 Å². The number of likely N-dealkylation sites (tertiary alicyclic amines) is 1. The van der Waals surface area contributed by atoms with Crippen molar-refractivity contribution in [3.8, 4) is 5.75 Å². The van der Waals surface area contributed by atoms with E-state index in [9.17, 15) is 0 Å². The molecule has 5 nitrogen and oxygen atoms in total. The molecular formula is C21H36N4O. The fourth-order valence-corrected chi connectivity index (χ4v) is 3.11. The first-order chi connectivity index (χ1) is 12.5. The van der Waals surface area contributed by atoms with Gasteiger partial charge in [0.2, 0.25) is 0 Å². The number of hydrogen-bond acceptors (Lipinski definition) is 3. The number of rotatable bonds is 7. The second-order valence-corrected chi connectivity index (χ2v) is 7.84. The number of guanidine groups is 1. The summed E-state index contributed by atoms with van der Waals surface area (Å²) in [7, 11) is 4.03. The van der Waals surface area contributed by atoms with Gasteiger partial charge >= 0.3 is 0 Å². The molecule has 1 unspecified atom stereocenters. The SMILES string of the molecule is CN=C(NCC1CCN(C)CC1)NC(C)c1ccc(OCC(C)C)cc1. The highest BCUT2D eigenvalue weighted by atomic mass is 16.5. The molecule has 0 aromatic heterocycles. The summed E-state index contributed by atoms with van der Waals surface area (Å²) in [6, 6.07) is 8.53. The number of nitrogens with one attached hydrogen (secondary N) is 2. The van der Waals surface area contributed by atoms with Crippen molar-refractivity contribution in [2.24, 2.45) is 16.8 Å². The molecule has 0 amide bonds. The number of piperidine rings is 1. The van der Waals surface area contributed by atoms with Gasteiger partial charge in [0.05, 0.1) is 12.6 Å². The van der Waals surface area contributed by atoms with E-state index in [1.54, 1.807) is 0 Å². The molecule has 1 fully saturated rings. The van der Waals surface area contributed by atoms with Crippen molar-refractivity contribution in [3.05, 3.63) is 29.8 Å². The second kappa shape index (κ2) is 10.4. The summed E-state index contributed by atoms with van der Waals surface area (Å²) in [5.74, 6) is 3.07. The summed E-state index contributed by atoms with van der Waals surface area (Å²) in [4.78, 5) is 6.78. The topological polar surface area (TPSA) is 48.9 Å². The molecule has 1 atom stereocenters. The smallest absolute Gasteiger partial charge is 0.191 e. The molecule has 146 valence electrons. The molecule has 1 heterocycles. The molecule has 2 rings (SSSR count). The first-order valence-corrected chi connectivity index (χ1v) is 9.86. The fraction of sp³-hybridized carbons (Fsp3) is 0.667. The lowest BCUT2D eigenvalue weighted by Gasteiger charge is -2.29. The molecule has 0 bridgehead atoms. The largest absolute Gasteiger partial charge is 0.493 e. The van der Waals surface area contributed by atoms with Gasteiger partial charge in [0, 0.05) is 13.6 Å². The normalized spacial score (nSPS) is 18.0. The van der Waals surface area contributed by atoms with Gasteiger partial charge in [0.25, 0.3) is 0 Å². The van der Waals surface area contributed by atoms with Crippen LogP contribution in [0.2, 0.25) is 0 Å². The lowest BCUT2D eigenvalue weighted by molar-refractivity contribution is 0.220. The van der Waals surface area contributed by atoms with Crippen LogP contribution in [0.15, 0.2) is 29.3 Å². The Labute approximate surface area is 159 Å². The third-order valence-electron chi connectivity index (χ3n) is 4.94. The molecule has 1 aromatic rings. The van der Waals surface area contributed by atoms with Crippen molar-refractivity contribution >= 4 is 5.96 Å². The van der Waals surface area contributed by atoms with Crippen LogP contribution in [-0.4, -0.2) is 51.2 Å². The maximum atomic E-state index is 5.76. The molecule has 1 saturated heterocycles. The van der Waals surface area contributed by atoms with Gasteiger partial charge in [-0.2, -0.15) is 0 Å².